The van der Waals surface area contributed by atoms with E-state index in [1.165, 1.54) is 17.5 Å². The van der Waals surface area contributed by atoms with E-state index in [1.807, 2.05) is 25.2 Å². The van der Waals surface area contributed by atoms with E-state index in [-0.39, 0.29) is 6.04 Å². The Kier molecular flexibility index (Phi) is 4.07. The summed E-state index contributed by atoms with van der Waals surface area (Å²) in [7, 11) is 1.97. The quantitative estimate of drug-likeness (QED) is 0.732. The van der Waals surface area contributed by atoms with Gasteiger partial charge in [0.05, 0.1) is 6.04 Å². The van der Waals surface area contributed by atoms with Crippen LogP contribution < -0.4 is 5.32 Å². The highest BCUT2D eigenvalue weighted by Gasteiger charge is 2.16. The van der Waals surface area contributed by atoms with E-state index >= 15 is 0 Å². The first-order valence-electron chi connectivity index (χ1n) is 7.56. The Labute approximate surface area is 125 Å². The van der Waals surface area contributed by atoms with Gasteiger partial charge in [-0.2, -0.15) is 0 Å². The molecule has 0 radical (unpaired) electrons. The lowest BCUT2D eigenvalue weighted by Crippen LogP contribution is -2.16. The molecule has 0 aliphatic carbocycles. The first-order valence-corrected chi connectivity index (χ1v) is 7.56. The zero-order valence-corrected chi connectivity index (χ0v) is 12.6. The molecule has 3 aromatic rings. The molecule has 2 nitrogen and oxygen atoms in total. The van der Waals surface area contributed by atoms with E-state index in [1.54, 1.807) is 0 Å². The number of nitrogens with one attached hydrogen (secondary N) is 1. The maximum Gasteiger partial charge on any atom is 0.134 e. The van der Waals surface area contributed by atoms with Crippen molar-refractivity contribution in [3.63, 3.8) is 0 Å². The van der Waals surface area contributed by atoms with Crippen molar-refractivity contribution in [2.24, 2.45) is 0 Å². The summed E-state index contributed by atoms with van der Waals surface area (Å²) in [6, 6.07) is 19.2. The summed E-state index contributed by atoms with van der Waals surface area (Å²) in [6.07, 6.45) is 2.31. The van der Waals surface area contributed by atoms with Crippen LogP contribution in [0.5, 0.6) is 0 Å². The van der Waals surface area contributed by atoms with Crippen LogP contribution in [0.15, 0.2) is 59.0 Å². The van der Waals surface area contributed by atoms with Crippen LogP contribution >= 0.6 is 0 Å². The highest BCUT2D eigenvalue weighted by atomic mass is 16.3. The minimum absolute atomic E-state index is 0.0908. The summed E-state index contributed by atoms with van der Waals surface area (Å²) < 4.78 is 5.99. The Morgan fingerprint density at radius 2 is 1.81 bits per heavy atom. The Morgan fingerprint density at radius 3 is 2.48 bits per heavy atom. The van der Waals surface area contributed by atoms with Gasteiger partial charge in [0.25, 0.3) is 0 Å². The molecule has 0 amide bonds. The van der Waals surface area contributed by atoms with Gasteiger partial charge < -0.3 is 9.73 Å². The van der Waals surface area contributed by atoms with E-state index in [0.29, 0.717) is 0 Å². The maximum absolute atomic E-state index is 5.99. The second-order valence-corrected chi connectivity index (χ2v) is 5.40. The minimum atomic E-state index is 0.0908. The van der Waals surface area contributed by atoms with Crippen molar-refractivity contribution < 1.29 is 4.42 Å². The Balaban J connectivity index is 1.93. The van der Waals surface area contributed by atoms with Crippen molar-refractivity contribution >= 4 is 11.0 Å². The second-order valence-electron chi connectivity index (χ2n) is 5.40. The number of furan rings is 1. The molecule has 0 saturated heterocycles. The van der Waals surface area contributed by atoms with Crippen LogP contribution in [0.3, 0.4) is 0 Å². The molecule has 0 bridgehead atoms. The van der Waals surface area contributed by atoms with Crippen LogP contribution in [0.4, 0.5) is 0 Å². The van der Waals surface area contributed by atoms with E-state index in [9.17, 15) is 0 Å². The lowest BCUT2D eigenvalue weighted by molar-refractivity contribution is 0.491. The van der Waals surface area contributed by atoms with E-state index in [2.05, 4.69) is 48.6 Å². The molecular weight excluding hydrogens is 258 g/mol. The highest BCUT2D eigenvalue weighted by molar-refractivity contribution is 5.77. The van der Waals surface area contributed by atoms with Crippen molar-refractivity contribution in [1.82, 2.24) is 5.32 Å². The maximum atomic E-state index is 5.99. The standard InChI is InChI=1S/C19H21NO/c1-3-6-14-9-11-15(12-10-14)19(20-2)18-13-16-7-4-5-8-17(16)21-18/h4-5,7-13,19-20H,3,6H2,1-2H3. The molecule has 3 rings (SSSR count). The van der Waals surface area contributed by atoms with Crippen LogP contribution in [0, 0.1) is 0 Å². The number of para-hydroxylation sites is 1. The van der Waals surface area contributed by atoms with Crippen LogP contribution in [0.25, 0.3) is 11.0 Å². The van der Waals surface area contributed by atoms with E-state index in [4.69, 9.17) is 4.42 Å². The number of benzene rings is 2. The summed E-state index contributed by atoms with van der Waals surface area (Å²) in [6.45, 7) is 2.21. The molecule has 1 atom stereocenters. The molecule has 0 aliphatic rings. The molecule has 1 heterocycles. The smallest absolute Gasteiger partial charge is 0.134 e. The predicted octanol–water partition coefficient (Wildman–Crippen LogP) is 4.69. The van der Waals surface area contributed by atoms with Gasteiger partial charge in [0.1, 0.15) is 11.3 Å². The molecule has 0 fully saturated rings. The van der Waals surface area contributed by atoms with Gasteiger partial charge in [-0.25, -0.2) is 0 Å². The first kappa shape index (κ1) is 13.9. The van der Waals surface area contributed by atoms with Crippen molar-refractivity contribution in [2.75, 3.05) is 7.05 Å². The highest BCUT2D eigenvalue weighted by Crippen LogP contribution is 2.28. The summed E-state index contributed by atoms with van der Waals surface area (Å²) in [5.74, 6) is 0.960. The monoisotopic (exact) mass is 279 g/mol. The Bertz CT molecular complexity index is 679. The molecule has 21 heavy (non-hydrogen) atoms. The van der Waals surface area contributed by atoms with Crippen LogP contribution in [0.1, 0.15) is 36.3 Å². The SMILES string of the molecule is CCCc1ccc(C(NC)c2cc3ccccc3o2)cc1. The van der Waals surface area contributed by atoms with Gasteiger partial charge in [-0.05, 0) is 36.7 Å². The molecule has 0 spiro atoms. The van der Waals surface area contributed by atoms with Gasteiger partial charge >= 0.3 is 0 Å². The van der Waals surface area contributed by atoms with Crippen LogP contribution in [-0.2, 0) is 6.42 Å². The lowest BCUT2D eigenvalue weighted by atomic mass is 10.0. The average molecular weight is 279 g/mol. The summed E-state index contributed by atoms with van der Waals surface area (Å²) >= 11 is 0. The molecule has 108 valence electrons. The molecule has 1 N–H and O–H groups in total. The number of hydrogen-bond donors (Lipinski definition) is 1. The third-order valence-electron chi connectivity index (χ3n) is 3.87. The third kappa shape index (κ3) is 2.86. The Morgan fingerprint density at radius 1 is 1.05 bits per heavy atom. The summed E-state index contributed by atoms with van der Waals surface area (Å²) in [4.78, 5) is 0. The molecule has 2 heteroatoms. The Hall–Kier alpha value is -2.06. The predicted molar refractivity (Wildman–Crippen MR) is 87.6 cm³/mol. The molecular formula is C19H21NO. The van der Waals surface area contributed by atoms with Crippen molar-refractivity contribution in [3.8, 4) is 0 Å². The normalized spacial score (nSPS) is 12.7. The number of hydrogen-bond acceptors (Lipinski definition) is 2. The minimum Gasteiger partial charge on any atom is -0.459 e. The fraction of sp³-hybridized carbons (Fsp3) is 0.263. The van der Waals surface area contributed by atoms with Gasteiger partial charge in [-0.1, -0.05) is 55.8 Å². The second kappa shape index (κ2) is 6.15. The zero-order chi connectivity index (χ0) is 14.7. The molecule has 0 saturated carbocycles. The molecule has 2 aromatic carbocycles. The van der Waals surface area contributed by atoms with Crippen molar-refractivity contribution in [1.29, 1.82) is 0 Å². The van der Waals surface area contributed by atoms with E-state index < -0.39 is 0 Å². The number of rotatable bonds is 5. The van der Waals surface area contributed by atoms with Gasteiger partial charge in [-0.3, -0.25) is 0 Å². The summed E-state index contributed by atoms with van der Waals surface area (Å²) in [5.41, 5.74) is 3.56. The van der Waals surface area contributed by atoms with Gasteiger partial charge in [0, 0.05) is 5.39 Å². The third-order valence-corrected chi connectivity index (χ3v) is 3.87. The molecule has 0 aliphatic heterocycles. The first-order chi connectivity index (χ1) is 10.3. The van der Waals surface area contributed by atoms with Gasteiger partial charge in [0.15, 0.2) is 0 Å². The lowest BCUT2D eigenvalue weighted by Gasteiger charge is -2.14. The molecule has 1 aromatic heterocycles. The van der Waals surface area contributed by atoms with Gasteiger partial charge in [0.2, 0.25) is 0 Å². The summed E-state index contributed by atoms with van der Waals surface area (Å²) in [5, 5.41) is 4.50. The van der Waals surface area contributed by atoms with Crippen LogP contribution in [0.2, 0.25) is 0 Å². The van der Waals surface area contributed by atoms with Crippen LogP contribution in [-0.4, -0.2) is 7.05 Å². The van der Waals surface area contributed by atoms with Crippen molar-refractivity contribution in [3.05, 3.63) is 71.5 Å². The average Bonchev–Trinajstić information content (AvgIpc) is 2.93. The number of fused-ring (bicyclic) bond motifs is 1. The zero-order valence-electron chi connectivity index (χ0n) is 12.6. The van der Waals surface area contributed by atoms with Gasteiger partial charge in [-0.15, -0.1) is 0 Å². The van der Waals surface area contributed by atoms with E-state index in [0.717, 1.165) is 23.2 Å². The fourth-order valence-electron chi connectivity index (χ4n) is 2.78. The number of aryl methyl sites for hydroxylation is 1. The molecule has 1 unspecified atom stereocenters. The topological polar surface area (TPSA) is 25.2 Å². The largest absolute Gasteiger partial charge is 0.459 e. The van der Waals surface area contributed by atoms with Crippen molar-refractivity contribution in [2.45, 2.75) is 25.8 Å². The fourth-order valence-corrected chi connectivity index (χ4v) is 2.78.